The summed E-state index contributed by atoms with van der Waals surface area (Å²) in [6.07, 6.45) is 0. The Balaban J connectivity index is 1.13. The maximum absolute atomic E-state index is 2.46. The van der Waals surface area contributed by atoms with Gasteiger partial charge in [-0.25, -0.2) is 0 Å². The maximum atomic E-state index is 2.46. The standard InChI is InChI=1S/C58H36/c1-2-15-42-35-55-43(34-41(42)14-1)30-32-50-48(23-11-24-49(50)55)44-31-33-54-56(36-44)58(51-25-10-17-38-13-4-6-19-47(38)51)53-21-8-7-20-52(53)57(54)40-28-26-39(27-29-40)46-22-9-16-37-12-3-5-18-45(37)46/h1-36H. The van der Waals surface area contributed by atoms with Crippen LogP contribution in [0.5, 0.6) is 0 Å². The fraction of sp³-hybridized carbons (Fsp3) is 0. The fourth-order valence-electron chi connectivity index (χ4n) is 9.72. The second-order valence-electron chi connectivity index (χ2n) is 15.6. The van der Waals surface area contributed by atoms with Crippen molar-refractivity contribution in [2.24, 2.45) is 0 Å². The van der Waals surface area contributed by atoms with Gasteiger partial charge in [0.1, 0.15) is 0 Å². The SMILES string of the molecule is c1ccc2cc3c(ccc4c(-c5ccc6c(-c7ccc(-c8cccc9ccccc89)cc7)c7ccccc7c(-c7cccc8ccccc78)c6c5)cccc43)cc2c1. The summed E-state index contributed by atoms with van der Waals surface area (Å²) < 4.78 is 0. The first-order valence-corrected chi connectivity index (χ1v) is 20.2. The van der Waals surface area contributed by atoms with E-state index in [0.717, 1.165) is 0 Å². The van der Waals surface area contributed by atoms with Crippen LogP contribution < -0.4 is 0 Å². The lowest BCUT2D eigenvalue weighted by atomic mass is 9.83. The summed E-state index contributed by atoms with van der Waals surface area (Å²) in [5.74, 6) is 0. The van der Waals surface area contributed by atoms with Crippen molar-refractivity contribution in [1.29, 1.82) is 0 Å². The molecule has 0 amide bonds. The molecule has 0 aliphatic rings. The summed E-state index contributed by atoms with van der Waals surface area (Å²) in [5, 5.41) is 17.7. The molecule has 0 unspecified atom stereocenters. The number of benzene rings is 12. The van der Waals surface area contributed by atoms with E-state index in [-0.39, 0.29) is 0 Å². The lowest BCUT2D eigenvalue weighted by Gasteiger charge is -2.20. The predicted octanol–water partition coefficient (Wildman–Crippen LogP) is 16.4. The molecule has 0 atom stereocenters. The lowest BCUT2D eigenvalue weighted by Crippen LogP contribution is -1.93. The van der Waals surface area contributed by atoms with E-state index >= 15 is 0 Å². The zero-order chi connectivity index (χ0) is 38.2. The third-order valence-electron chi connectivity index (χ3n) is 12.4. The molecule has 0 bridgehead atoms. The molecule has 0 N–H and O–H groups in total. The van der Waals surface area contributed by atoms with Gasteiger partial charge in [0.15, 0.2) is 0 Å². The molecule has 58 heavy (non-hydrogen) atoms. The van der Waals surface area contributed by atoms with Gasteiger partial charge < -0.3 is 0 Å². The van der Waals surface area contributed by atoms with Crippen molar-refractivity contribution in [3.8, 4) is 44.5 Å². The average molecular weight is 733 g/mol. The number of hydrogen-bond donors (Lipinski definition) is 0. The van der Waals surface area contributed by atoms with E-state index in [1.54, 1.807) is 0 Å². The molecule has 0 aliphatic carbocycles. The molecule has 12 rings (SSSR count). The van der Waals surface area contributed by atoms with Crippen LogP contribution in [0.25, 0.3) is 120 Å². The Morgan fingerprint density at radius 2 is 0.638 bits per heavy atom. The number of fused-ring (bicyclic) bond motifs is 8. The van der Waals surface area contributed by atoms with E-state index in [9.17, 15) is 0 Å². The van der Waals surface area contributed by atoms with Crippen LogP contribution in [0.4, 0.5) is 0 Å². The summed E-state index contributed by atoms with van der Waals surface area (Å²) in [5.41, 5.74) is 9.95. The van der Waals surface area contributed by atoms with Gasteiger partial charge in [0.2, 0.25) is 0 Å². The van der Waals surface area contributed by atoms with Crippen LogP contribution in [0.2, 0.25) is 0 Å². The summed E-state index contributed by atoms with van der Waals surface area (Å²) in [7, 11) is 0. The number of rotatable bonds is 4. The zero-order valence-electron chi connectivity index (χ0n) is 31.8. The van der Waals surface area contributed by atoms with Crippen molar-refractivity contribution in [3.05, 3.63) is 218 Å². The molecule has 0 fully saturated rings. The van der Waals surface area contributed by atoms with E-state index in [1.165, 1.54) is 120 Å². The summed E-state index contributed by atoms with van der Waals surface area (Å²) in [4.78, 5) is 0. The molecule has 0 nitrogen and oxygen atoms in total. The van der Waals surface area contributed by atoms with Gasteiger partial charge in [0.25, 0.3) is 0 Å². The van der Waals surface area contributed by atoms with Gasteiger partial charge in [-0.2, -0.15) is 0 Å². The molecule has 0 saturated carbocycles. The molecule has 0 saturated heterocycles. The summed E-state index contributed by atoms with van der Waals surface area (Å²) in [6, 6.07) is 81.0. The Bertz CT molecular complexity index is 3600. The van der Waals surface area contributed by atoms with Gasteiger partial charge in [-0.05, 0) is 138 Å². The minimum Gasteiger partial charge on any atom is -0.0616 e. The van der Waals surface area contributed by atoms with Gasteiger partial charge in [0, 0.05) is 0 Å². The quantitative estimate of drug-likeness (QED) is 0.125. The normalized spacial score (nSPS) is 11.8. The lowest BCUT2D eigenvalue weighted by molar-refractivity contribution is 1.63. The number of hydrogen-bond acceptors (Lipinski definition) is 0. The molecule has 268 valence electrons. The van der Waals surface area contributed by atoms with Crippen molar-refractivity contribution in [2.45, 2.75) is 0 Å². The summed E-state index contributed by atoms with van der Waals surface area (Å²) in [6.45, 7) is 0. The highest BCUT2D eigenvalue weighted by Crippen LogP contribution is 2.47. The zero-order valence-corrected chi connectivity index (χ0v) is 31.8. The largest absolute Gasteiger partial charge is 0.0616 e. The molecule has 0 aliphatic heterocycles. The Morgan fingerprint density at radius 3 is 1.36 bits per heavy atom. The van der Waals surface area contributed by atoms with E-state index in [2.05, 4.69) is 218 Å². The molecule has 0 spiro atoms. The first kappa shape index (κ1) is 32.7. The minimum absolute atomic E-state index is 1.21. The van der Waals surface area contributed by atoms with Gasteiger partial charge >= 0.3 is 0 Å². The molecule has 12 aromatic rings. The Hall–Kier alpha value is -7.54. The fourth-order valence-corrected chi connectivity index (χ4v) is 9.72. The van der Waals surface area contributed by atoms with E-state index in [1.807, 2.05) is 0 Å². The maximum Gasteiger partial charge on any atom is -0.00199 e. The first-order chi connectivity index (χ1) is 28.8. The van der Waals surface area contributed by atoms with Gasteiger partial charge in [-0.3, -0.25) is 0 Å². The van der Waals surface area contributed by atoms with Crippen molar-refractivity contribution in [3.63, 3.8) is 0 Å². The second kappa shape index (κ2) is 13.0. The second-order valence-corrected chi connectivity index (χ2v) is 15.6. The molecule has 0 heteroatoms. The van der Waals surface area contributed by atoms with Gasteiger partial charge in [-0.1, -0.05) is 200 Å². The molecular weight excluding hydrogens is 697 g/mol. The van der Waals surface area contributed by atoms with Crippen LogP contribution in [-0.4, -0.2) is 0 Å². The topological polar surface area (TPSA) is 0 Å². The summed E-state index contributed by atoms with van der Waals surface area (Å²) >= 11 is 0. The monoisotopic (exact) mass is 732 g/mol. The molecule has 12 aromatic carbocycles. The van der Waals surface area contributed by atoms with Crippen molar-refractivity contribution < 1.29 is 0 Å². The highest BCUT2D eigenvalue weighted by molar-refractivity contribution is 6.24. The Morgan fingerprint density at radius 1 is 0.172 bits per heavy atom. The smallest absolute Gasteiger partial charge is 0.00199 e. The van der Waals surface area contributed by atoms with Crippen LogP contribution in [0.1, 0.15) is 0 Å². The first-order valence-electron chi connectivity index (χ1n) is 20.2. The van der Waals surface area contributed by atoms with E-state index < -0.39 is 0 Å². The molecule has 0 aromatic heterocycles. The van der Waals surface area contributed by atoms with Crippen LogP contribution in [0.3, 0.4) is 0 Å². The molecule has 0 radical (unpaired) electrons. The molecule has 0 heterocycles. The van der Waals surface area contributed by atoms with Crippen LogP contribution in [-0.2, 0) is 0 Å². The van der Waals surface area contributed by atoms with Crippen molar-refractivity contribution in [2.75, 3.05) is 0 Å². The van der Waals surface area contributed by atoms with Crippen molar-refractivity contribution >= 4 is 75.4 Å². The van der Waals surface area contributed by atoms with E-state index in [0.29, 0.717) is 0 Å². The average Bonchev–Trinajstić information content (AvgIpc) is 3.29. The predicted molar refractivity (Wildman–Crippen MR) is 251 cm³/mol. The molecular formula is C58H36. The Kier molecular flexibility index (Phi) is 7.33. The van der Waals surface area contributed by atoms with Gasteiger partial charge in [0.05, 0.1) is 0 Å². The third kappa shape index (κ3) is 5.09. The van der Waals surface area contributed by atoms with Crippen LogP contribution >= 0.6 is 0 Å². The highest BCUT2D eigenvalue weighted by atomic mass is 14.2. The van der Waals surface area contributed by atoms with Crippen LogP contribution in [0, 0.1) is 0 Å². The Labute approximate surface area is 336 Å². The van der Waals surface area contributed by atoms with Crippen molar-refractivity contribution in [1.82, 2.24) is 0 Å². The minimum atomic E-state index is 1.21. The van der Waals surface area contributed by atoms with Crippen LogP contribution in [0.15, 0.2) is 218 Å². The highest BCUT2D eigenvalue weighted by Gasteiger charge is 2.20. The third-order valence-corrected chi connectivity index (χ3v) is 12.4. The van der Waals surface area contributed by atoms with Gasteiger partial charge in [-0.15, -0.1) is 0 Å². The van der Waals surface area contributed by atoms with E-state index in [4.69, 9.17) is 0 Å².